The van der Waals surface area contributed by atoms with Crippen LogP contribution in [0.15, 0.2) is 40.5 Å². The predicted octanol–water partition coefficient (Wildman–Crippen LogP) is 3.95. The molecule has 1 fully saturated rings. The molecule has 31 heavy (non-hydrogen) atoms. The molecule has 0 radical (unpaired) electrons. The van der Waals surface area contributed by atoms with Gasteiger partial charge in [0.1, 0.15) is 12.4 Å². The van der Waals surface area contributed by atoms with E-state index in [1.54, 1.807) is 18.9 Å². The van der Waals surface area contributed by atoms with Crippen LogP contribution in [0.25, 0.3) is 0 Å². The van der Waals surface area contributed by atoms with E-state index in [0.717, 1.165) is 17.7 Å². The second kappa shape index (κ2) is 10.8. The minimum atomic E-state index is -0.576. The van der Waals surface area contributed by atoms with Gasteiger partial charge in [-0.2, -0.15) is 0 Å². The molecule has 3 rings (SSSR count). The molecular formula is C23H30N2O5S. The summed E-state index contributed by atoms with van der Waals surface area (Å²) in [6.45, 7) is 7.19. The third kappa shape index (κ3) is 5.68. The number of amidine groups is 1. The standard InChI is InChI=1S/C23H30N2O5S/c1-15(2)9-11-29-18-7-5-17(6-8-18)21-20(22(27)30-13-12-28-4)16(3)24-23-25(21)19(26)10-14-31-23/h5-8,15,21H,9-14H2,1-4H3/t21-/m1/s1. The Labute approximate surface area is 187 Å². The number of ether oxygens (including phenoxy) is 3. The first-order valence-electron chi connectivity index (χ1n) is 10.6. The van der Waals surface area contributed by atoms with Gasteiger partial charge in [-0.25, -0.2) is 9.79 Å². The molecule has 1 saturated heterocycles. The maximum atomic E-state index is 12.9. The Morgan fingerprint density at radius 3 is 2.65 bits per heavy atom. The molecule has 2 heterocycles. The zero-order valence-corrected chi connectivity index (χ0v) is 19.4. The highest BCUT2D eigenvalue weighted by Crippen LogP contribution is 2.40. The summed E-state index contributed by atoms with van der Waals surface area (Å²) in [4.78, 5) is 31.9. The van der Waals surface area contributed by atoms with E-state index < -0.39 is 12.0 Å². The van der Waals surface area contributed by atoms with Gasteiger partial charge in [0.15, 0.2) is 5.17 Å². The van der Waals surface area contributed by atoms with Crippen molar-refractivity contribution in [1.29, 1.82) is 0 Å². The van der Waals surface area contributed by atoms with Crippen molar-refractivity contribution in [3.05, 3.63) is 41.1 Å². The van der Waals surface area contributed by atoms with Gasteiger partial charge in [-0.15, -0.1) is 0 Å². The lowest BCUT2D eigenvalue weighted by Gasteiger charge is -2.38. The number of fused-ring (bicyclic) bond motifs is 1. The molecule has 168 valence electrons. The third-order valence-corrected chi connectivity index (χ3v) is 6.06. The first-order valence-corrected chi connectivity index (χ1v) is 11.5. The Bertz CT molecular complexity index is 863. The number of aliphatic imine (C=N–C) groups is 1. The molecule has 0 N–H and O–H groups in total. The maximum absolute atomic E-state index is 12.9. The van der Waals surface area contributed by atoms with Crippen LogP contribution in [0.4, 0.5) is 0 Å². The predicted molar refractivity (Wildman–Crippen MR) is 121 cm³/mol. The molecule has 0 aliphatic carbocycles. The van der Waals surface area contributed by atoms with Gasteiger partial charge < -0.3 is 14.2 Å². The molecular weight excluding hydrogens is 416 g/mol. The van der Waals surface area contributed by atoms with Crippen molar-refractivity contribution in [3.63, 3.8) is 0 Å². The lowest BCUT2D eigenvalue weighted by molar-refractivity contribution is -0.141. The molecule has 0 bridgehead atoms. The van der Waals surface area contributed by atoms with Crippen LogP contribution < -0.4 is 4.74 Å². The highest BCUT2D eigenvalue weighted by molar-refractivity contribution is 8.14. The van der Waals surface area contributed by atoms with Gasteiger partial charge in [0, 0.05) is 19.3 Å². The van der Waals surface area contributed by atoms with Crippen LogP contribution in [0, 0.1) is 5.92 Å². The van der Waals surface area contributed by atoms with Crippen LogP contribution in [-0.2, 0) is 19.1 Å². The number of rotatable bonds is 9. The summed E-state index contributed by atoms with van der Waals surface area (Å²) in [5.41, 5.74) is 1.76. The molecule has 8 heteroatoms. The Morgan fingerprint density at radius 2 is 1.97 bits per heavy atom. The number of allylic oxidation sites excluding steroid dienone is 1. The molecule has 2 aliphatic heterocycles. The number of carbonyl (C=O) groups is 2. The van der Waals surface area contributed by atoms with E-state index in [-0.39, 0.29) is 12.5 Å². The summed E-state index contributed by atoms with van der Waals surface area (Å²) in [5, 5.41) is 0.629. The van der Waals surface area contributed by atoms with Crippen LogP contribution in [0.1, 0.15) is 45.2 Å². The van der Waals surface area contributed by atoms with Crippen molar-refractivity contribution >= 4 is 28.8 Å². The van der Waals surface area contributed by atoms with E-state index in [1.807, 2.05) is 24.3 Å². The van der Waals surface area contributed by atoms with Gasteiger partial charge in [-0.3, -0.25) is 9.69 Å². The lowest BCUT2D eigenvalue weighted by atomic mass is 9.94. The summed E-state index contributed by atoms with van der Waals surface area (Å²) in [5.74, 6) is 1.49. The van der Waals surface area contributed by atoms with Gasteiger partial charge in [0.25, 0.3) is 0 Å². The molecule has 2 aliphatic rings. The fraction of sp³-hybridized carbons (Fsp3) is 0.522. The number of benzene rings is 1. The van der Waals surface area contributed by atoms with E-state index in [2.05, 4.69) is 18.8 Å². The maximum Gasteiger partial charge on any atom is 0.338 e. The van der Waals surface area contributed by atoms with Gasteiger partial charge in [0.05, 0.1) is 30.5 Å². The quantitative estimate of drug-likeness (QED) is 0.422. The SMILES string of the molecule is COCCOC(=O)C1=C(C)N=C2SCCC(=O)N2[C@@H]1c1ccc(OCCC(C)C)cc1. The number of amides is 1. The van der Waals surface area contributed by atoms with E-state index in [0.29, 0.717) is 47.7 Å². The first kappa shape index (κ1) is 23.3. The summed E-state index contributed by atoms with van der Waals surface area (Å²) in [6, 6.07) is 6.99. The number of carbonyl (C=O) groups excluding carboxylic acids is 2. The molecule has 1 atom stereocenters. The largest absolute Gasteiger partial charge is 0.494 e. The van der Waals surface area contributed by atoms with Gasteiger partial charge in [0.2, 0.25) is 5.91 Å². The van der Waals surface area contributed by atoms with Crippen molar-refractivity contribution in [2.24, 2.45) is 10.9 Å². The Hall–Kier alpha value is -2.32. The fourth-order valence-electron chi connectivity index (χ4n) is 3.43. The van der Waals surface area contributed by atoms with Crippen molar-refractivity contribution in [1.82, 2.24) is 4.90 Å². The van der Waals surface area contributed by atoms with Crippen LogP contribution in [0.2, 0.25) is 0 Å². The third-order valence-electron chi connectivity index (χ3n) is 5.11. The molecule has 1 aromatic rings. The number of hydrogen-bond acceptors (Lipinski definition) is 7. The van der Waals surface area contributed by atoms with Gasteiger partial charge in [-0.05, 0) is 37.0 Å². The van der Waals surface area contributed by atoms with Crippen LogP contribution in [0.3, 0.4) is 0 Å². The number of esters is 1. The zero-order valence-electron chi connectivity index (χ0n) is 18.6. The van der Waals surface area contributed by atoms with Crippen LogP contribution in [-0.4, -0.2) is 54.6 Å². The molecule has 0 saturated carbocycles. The van der Waals surface area contributed by atoms with E-state index in [9.17, 15) is 9.59 Å². The minimum absolute atomic E-state index is 0.0468. The number of methoxy groups -OCH3 is 1. The summed E-state index contributed by atoms with van der Waals surface area (Å²) < 4.78 is 16.2. The van der Waals surface area contributed by atoms with Crippen molar-refractivity contribution in [2.75, 3.05) is 32.7 Å². The van der Waals surface area contributed by atoms with Crippen molar-refractivity contribution in [2.45, 2.75) is 39.7 Å². The summed E-state index contributed by atoms with van der Waals surface area (Å²) in [7, 11) is 1.55. The number of thioether (sulfide) groups is 1. The molecule has 1 amide bonds. The smallest absolute Gasteiger partial charge is 0.338 e. The van der Waals surface area contributed by atoms with Crippen molar-refractivity contribution < 1.29 is 23.8 Å². The summed E-state index contributed by atoms with van der Waals surface area (Å²) in [6.07, 6.45) is 1.38. The highest BCUT2D eigenvalue weighted by Gasteiger charge is 2.41. The molecule has 0 unspecified atom stereocenters. The average molecular weight is 447 g/mol. The molecule has 1 aromatic carbocycles. The molecule has 7 nitrogen and oxygen atoms in total. The van der Waals surface area contributed by atoms with Crippen LogP contribution in [0.5, 0.6) is 5.75 Å². The normalized spacial score (nSPS) is 18.7. The van der Waals surface area contributed by atoms with Crippen molar-refractivity contribution in [3.8, 4) is 5.75 Å². The fourth-order valence-corrected chi connectivity index (χ4v) is 4.43. The van der Waals surface area contributed by atoms with Gasteiger partial charge >= 0.3 is 5.97 Å². The number of hydrogen-bond donors (Lipinski definition) is 0. The Balaban J connectivity index is 1.90. The topological polar surface area (TPSA) is 77.4 Å². The first-order chi connectivity index (χ1) is 14.9. The lowest BCUT2D eigenvalue weighted by Crippen LogP contribution is -2.45. The van der Waals surface area contributed by atoms with E-state index in [1.165, 1.54) is 11.8 Å². The monoisotopic (exact) mass is 446 g/mol. The Morgan fingerprint density at radius 1 is 1.23 bits per heavy atom. The minimum Gasteiger partial charge on any atom is -0.494 e. The summed E-state index contributed by atoms with van der Waals surface area (Å²) >= 11 is 1.53. The average Bonchev–Trinajstić information content (AvgIpc) is 2.73. The highest BCUT2D eigenvalue weighted by atomic mass is 32.2. The Kier molecular flexibility index (Phi) is 8.15. The van der Waals surface area contributed by atoms with Crippen LogP contribution >= 0.6 is 11.8 Å². The van der Waals surface area contributed by atoms with E-state index in [4.69, 9.17) is 14.2 Å². The second-order valence-electron chi connectivity index (χ2n) is 7.89. The van der Waals surface area contributed by atoms with Gasteiger partial charge in [-0.1, -0.05) is 37.7 Å². The van der Waals surface area contributed by atoms with E-state index >= 15 is 0 Å². The zero-order chi connectivity index (χ0) is 22.4. The molecule has 0 aromatic heterocycles. The molecule has 0 spiro atoms. The number of nitrogens with zero attached hydrogens (tertiary/aromatic N) is 2. The second-order valence-corrected chi connectivity index (χ2v) is 8.95.